The Balaban J connectivity index is 1.70. The Labute approximate surface area is 185 Å². The van der Waals surface area contributed by atoms with Crippen LogP contribution in [0.15, 0.2) is 54.6 Å². The highest BCUT2D eigenvalue weighted by molar-refractivity contribution is 6.67. The zero-order valence-corrected chi connectivity index (χ0v) is 18.2. The van der Waals surface area contributed by atoms with Gasteiger partial charge in [-0.15, -0.1) is 0 Å². The van der Waals surface area contributed by atoms with E-state index in [4.69, 9.17) is 44.3 Å². The van der Waals surface area contributed by atoms with Gasteiger partial charge in [-0.3, -0.25) is 4.79 Å². The molecule has 1 fully saturated rings. The molecule has 0 spiro atoms. The summed E-state index contributed by atoms with van der Waals surface area (Å²) in [5.74, 6) is 0.220. The van der Waals surface area contributed by atoms with E-state index >= 15 is 0 Å². The molecule has 1 saturated carbocycles. The van der Waals surface area contributed by atoms with E-state index in [1.807, 2.05) is 50.2 Å². The molecule has 0 N–H and O–H groups in total. The van der Waals surface area contributed by atoms with Crippen LogP contribution in [0.4, 0.5) is 0 Å². The van der Waals surface area contributed by atoms with Gasteiger partial charge in [0, 0.05) is 5.56 Å². The zero-order valence-electron chi connectivity index (χ0n) is 15.9. The lowest BCUT2D eigenvalue weighted by molar-refractivity contribution is -0.149. The molecular formula is C22H20Cl3NO3. The number of hydrogen-bond acceptors (Lipinski definition) is 4. The molecule has 3 atom stereocenters. The number of halogens is 3. The second-order valence-electron chi connectivity index (χ2n) is 7.66. The number of nitriles is 1. The van der Waals surface area contributed by atoms with Gasteiger partial charge in [0.25, 0.3) is 0 Å². The smallest absolute Gasteiger partial charge is 0.311 e. The summed E-state index contributed by atoms with van der Waals surface area (Å²) in [6, 6.07) is 18.2. The topological polar surface area (TPSA) is 59.3 Å². The third-order valence-electron chi connectivity index (χ3n) is 5.25. The van der Waals surface area contributed by atoms with Crippen LogP contribution < -0.4 is 4.74 Å². The molecule has 0 heterocycles. The largest absolute Gasteiger partial charge is 0.457 e. The first kappa shape index (κ1) is 21.8. The maximum absolute atomic E-state index is 12.7. The molecule has 0 radical (unpaired) electrons. The van der Waals surface area contributed by atoms with Crippen molar-refractivity contribution < 1.29 is 14.3 Å². The fourth-order valence-electron chi connectivity index (χ4n) is 3.57. The summed E-state index contributed by atoms with van der Waals surface area (Å²) < 4.78 is 9.86. The van der Waals surface area contributed by atoms with E-state index in [1.54, 1.807) is 24.3 Å². The maximum Gasteiger partial charge on any atom is 0.311 e. The number of alkyl halides is 3. The third-order valence-corrected chi connectivity index (χ3v) is 5.71. The molecule has 1 aliphatic rings. The van der Waals surface area contributed by atoms with E-state index < -0.39 is 21.8 Å². The van der Waals surface area contributed by atoms with E-state index in [-0.39, 0.29) is 17.8 Å². The molecule has 29 heavy (non-hydrogen) atoms. The number of rotatable bonds is 6. The minimum atomic E-state index is -1.44. The zero-order chi connectivity index (χ0) is 21.2. The lowest BCUT2D eigenvalue weighted by atomic mass is 10.1. The summed E-state index contributed by atoms with van der Waals surface area (Å²) in [7, 11) is 0. The Hall–Kier alpha value is -1.93. The minimum absolute atomic E-state index is 0.116. The first-order chi connectivity index (χ1) is 13.6. The van der Waals surface area contributed by atoms with Crippen LogP contribution in [0.5, 0.6) is 11.5 Å². The molecule has 0 saturated heterocycles. The van der Waals surface area contributed by atoms with Crippen molar-refractivity contribution in [1.29, 1.82) is 5.26 Å². The number of benzene rings is 2. The average molecular weight is 453 g/mol. The SMILES string of the molecule is CC1(C)[C@H](C(=O)OC(C#N)c2cccc(Oc3ccccc3)c2)[C@@H]1CC(Cl)(Cl)Cl. The van der Waals surface area contributed by atoms with Crippen LogP contribution in [0.1, 0.15) is 31.9 Å². The lowest BCUT2D eigenvalue weighted by Crippen LogP contribution is -2.15. The van der Waals surface area contributed by atoms with Gasteiger partial charge >= 0.3 is 5.97 Å². The molecule has 0 amide bonds. The number of para-hydroxylation sites is 1. The van der Waals surface area contributed by atoms with Crippen LogP contribution in [0.25, 0.3) is 0 Å². The van der Waals surface area contributed by atoms with Crippen LogP contribution in [0.2, 0.25) is 0 Å². The minimum Gasteiger partial charge on any atom is -0.457 e. The van der Waals surface area contributed by atoms with Gasteiger partial charge in [0.1, 0.15) is 17.6 Å². The monoisotopic (exact) mass is 451 g/mol. The number of carbonyl (C=O) groups excluding carboxylic acids is 1. The highest BCUT2D eigenvalue weighted by Crippen LogP contribution is 2.63. The molecule has 7 heteroatoms. The summed E-state index contributed by atoms with van der Waals surface area (Å²) in [4.78, 5) is 12.7. The molecule has 2 aromatic carbocycles. The van der Waals surface area contributed by atoms with Gasteiger partial charge in [-0.25, -0.2) is 0 Å². The van der Waals surface area contributed by atoms with Crippen molar-refractivity contribution in [2.75, 3.05) is 0 Å². The Morgan fingerprint density at radius 1 is 1.14 bits per heavy atom. The average Bonchev–Trinajstić information content (AvgIpc) is 3.18. The number of ether oxygens (including phenoxy) is 2. The number of nitrogens with zero attached hydrogens (tertiary/aromatic N) is 1. The van der Waals surface area contributed by atoms with E-state index in [0.29, 0.717) is 17.1 Å². The van der Waals surface area contributed by atoms with E-state index in [2.05, 4.69) is 0 Å². The van der Waals surface area contributed by atoms with Gasteiger partial charge in [0.2, 0.25) is 6.10 Å². The van der Waals surface area contributed by atoms with Gasteiger partial charge in [-0.2, -0.15) is 5.26 Å². The van der Waals surface area contributed by atoms with Crippen LogP contribution in [0.3, 0.4) is 0 Å². The molecule has 0 bridgehead atoms. The first-order valence-corrected chi connectivity index (χ1v) is 10.2. The van der Waals surface area contributed by atoms with Crippen molar-refractivity contribution in [3.8, 4) is 17.6 Å². The molecule has 3 rings (SSSR count). The van der Waals surface area contributed by atoms with Crippen molar-refractivity contribution in [3.05, 3.63) is 60.2 Å². The van der Waals surface area contributed by atoms with Crippen LogP contribution >= 0.6 is 34.8 Å². The fourth-order valence-corrected chi connectivity index (χ4v) is 4.07. The molecule has 1 aliphatic carbocycles. The maximum atomic E-state index is 12.7. The molecule has 0 aliphatic heterocycles. The summed E-state index contributed by atoms with van der Waals surface area (Å²) in [5.41, 5.74) is 0.185. The standard InChI is InChI=1S/C22H20Cl3NO3/c1-21(2)17(12-22(23,24)25)19(21)20(27)29-18(13-26)14-7-6-10-16(11-14)28-15-8-4-3-5-9-15/h3-11,17-19H,12H2,1-2H3/t17-,18?,19-/m0/s1. The second kappa shape index (κ2) is 8.44. The van der Waals surface area contributed by atoms with Gasteiger partial charge < -0.3 is 9.47 Å². The Morgan fingerprint density at radius 2 is 1.79 bits per heavy atom. The van der Waals surface area contributed by atoms with Crippen molar-refractivity contribution in [1.82, 2.24) is 0 Å². The quantitative estimate of drug-likeness (QED) is 0.365. The van der Waals surface area contributed by atoms with E-state index in [9.17, 15) is 10.1 Å². The predicted octanol–water partition coefficient (Wildman–Crippen LogP) is 6.62. The Bertz CT molecular complexity index is 919. The van der Waals surface area contributed by atoms with Crippen molar-refractivity contribution in [2.45, 2.75) is 30.2 Å². The summed E-state index contributed by atoms with van der Waals surface area (Å²) in [6.07, 6.45) is -0.797. The first-order valence-electron chi connectivity index (χ1n) is 9.11. The number of carbonyl (C=O) groups is 1. The molecule has 4 nitrogen and oxygen atoms in total. The second-order valence-corrected chi connectivity index (χ2v) is 10.2. The van der Waals surface area contributed by atoms with Crippen molar-refractivity contribution >= 4 is 40.8 Å². The third kappa shape index (κ3) is 5.36. The number of esters is 1. The van der Waals surface area contributed by atoms with E-state index in [1.165, 1.54) is 0 Å². The molecule has 2 aromatic rings. The lowest BCUT2D eigenvalue weighted by Gasteiger charge is -2.14. The van der Waals surface area contributed by atoms with E-state index in [0.717, 1.165) is 0 Å². The van der Waals surface area contributed by atoms with Crippen molar-refractivity contribution in [3.63, 3.8) is 0 Å². The number of hydrogen-bond donors (Lipinski definition) is 0. The summed E-state index contributed by atoms with van der Waals surface area (Å²) in [6.45, 7) is 3.85. The van der Waals surface area contributed by atoms with Crippen molar-refractivity contribution in [2.24, 2.45) is 17.3 Å². The molecular weight excluding hydrogens is 433 g/mol. The fraction of sp³-hybridized carbons (Fsp3) is 0.364. The van der Waals surface area contributed by atoms with Gasteiger partial charge in [-0.05, 0) is 42.0 Å². The Kier molecular flexibility index (Phi) is 6.33. The van der Waals surface area contributed by atoms with Gasteiger partial charge in [0.05, 0.1) is 5.92 Å². The Morgan fingerprint density at radius 3 is 2.41 bits per heavy atom. The van der Waals surface area contributed by atoms with Crippen LogP contribution in [-0.4, -0.2) is 9.76 Å². The normalized spacial score (nSPS) is 21.0. The highest BCUT2D eigenvalue weighted by Gasteiger charge is 2.64. The predicted molar refractivity (Wildman–Crippen MR) is 113 cm³/mol. The highest BCUT2D eigenvalue weighted by atomic mass is 35.6. The van der Waals surface area contributed by atoms with Gasteiger partial charge in [-0.1, -0.05) is 79.0 Å². The van der Waals surface area contributed by atoms with Gasteiger partial charge in [0.15, 0.2) is 3.79 Å². The summed E-state index contributed by atoms with van der Waals surface area (Å²) in [5, 5.41) is 9.56. The molecule has 152 valence electrons. The van der Waals surface area contributed by atoms with Crippen LogP contribution in [-0.2, 0) is 9.53 Å². The van der Waals surface area contributed by atoms with Crippen LogP contribution in [0, 0.1) is 28.6 Å². The molecule has 0 aromatic heterocycles. The molecule has 1 unspecified atom stereocenters. The summed E-state index contributed by atoms with van der Waals surface area (Å²) >= 11 is 17.7.